The van der Waals surface area contributed by atoms with Gasteiger partial charge < -0.3 is 9.73 Å². The van der Waals surface area contributed by atoms with Crippen molar-refractivity contribution in [3.8, 4) is 11.1 Å². The van der Waals surface area contributed by atoms with Crippen LogP contribution in [0.25, 0.3) is 54.6 Å². The molecule has 212 valence electrons. The zero-order chi connectivity index (χ0) is 29.7. The molecule has 1 unspecified atom stereocenters. The molecule has 0 fully saturated rings. The molecule has 9 rings (SSSR count). The van der Waals surface area contributed by atoms with Crippen LogP contribution < -0.4 is 5.32 Å². The molecule has 0 amide bonds. The summed E-state index contributed by atoms with van der Waals surface area (Å²) in [6.07, 6.45) is -0.374. The summed E-state index contributed by atoms with van der Waals surface area (Å²) in [4.78, 5) is 10.5. The second-order valence-corrected chi connectivity index (χ2v) is 11.4. The van der Waals surface area contributed by atoms with Crippen molar-refractivity contribution < 1.29 is 4.42 Å². The minimum absolute atomic E-state index is 0.374. The molecule has 4 nitrogen and oxygen atoms in total. The predicted molar refractivity (Wildman–Crippen MR) is 186 cm³/mol. The highest BCUT2D eigenvalue weighted by atomic mass is 16.3. The number of nitrogens with zero attached hydrogens (tertiary/aromatic N) is 2. The highest BCUT2D eigenvalue weighted by molar-refractivity contribution is 6.16. The summed E-state index contributed by atoms with van der Waals surface area (Å²) in [6.45, 7) is 0. The Labute approximate surface area is 260 Å². The van der Waals surface area contributed by atoms with Crippen LogP contribution in [0.3, 0.4) is 0 Å². The van der Waals surface area contributed by atoms with Gasteiger partial charge in [0, 0.05) is 27.5 Å². The molecule has 1 aliphatic rings. The molecule has 2 heterocycles. The van der Waals surface area contributed by atoms with Crippen molar-refractivity contribution in [2.75, 3.05) is 0 Å². The van der Waals surface area contributed by atoms with Crippen LogP contribution >= 0.6 is 0 Å². The Morgan fingerprint density at radius 2 is 1.18 bits per heavy atom. The number of nitrogens with one attached hydrogen (secondary N) is 1. The van der Waals surface area contributed by atoms with Crippen molar-refractivity contribution in [2.45, 2.75) is 6.17 Å². The molecule has 1 N–H and O–H groups in total. The fraction of sp³-hybridized carbons (Fsp3) is 0.0244. The molecule has 0 spiro atoms. The van der Waals surface area contributed by atoms with Gasteiger partial charge in [-0.15, -0.1) is 0 Å². The van der Waals surface area contributed by atoms with Gasteiger partial charge in [0.05, 0.1) is 0 Å². The average molecular weight is 578 g/mol. The fourth-order valence-corrected chi connectivity index (χ4v) is 6.53. The first-order chi connectivity index (χ1) is 22.3. The molecule has 0 bridgehead atoms. The second-order valence-electron chi connectivity index (χ2n) is 11.4. The van der Waals surface area contributed by atoms with E-state index in [9.17, 15) is 0 Å². The molecule has 0 aliphatic carbocycles. The summed E-state index contributed by atoms with van der Waals surface area (Å²) >= 11 is 0. The average Bonchev–Trinajstić information content (AvgIpc) is 3.51. The molecule has 45 heavy (non-hydrogen) atoms. The van der Waals surface area contributed by atoms with E-state index in [2.05, 4.69) is 127 Å². The maximum absolute atomic E-state index is 6.25. The monoisotopic (exact) mass is 577 g/mol. The highest BCUT2D eigenvalue weighted by Gasteiger charge is 2.25. The standard InChI is InChI=1S/C41H27N3O/c1-2-10-26(11-3-1)29-13-8-14-30(24-29)39-42-40(31-23-22-28-21-20-27-12-4-5-15-32(27)35(28)25-31)44-41(43-39)34-17-9-19-37-38(34)33-16-6-7-18-36(33)45-37/h1-25,41H,(H,42,43,44). The van der Waals surface area contributed by atoms with Crippen LogP contribution in [0.1, 0.15) is 22.9 Å². The molecule has 8 aromatic rings. The Kier molecular flexibility index (Phi) is 5.85. The first-order valence-electron chi connectivity index (χ1n) is 15.2. The van der Waals surface area contributed by atoms with Crippen molar-refractivity contribution in [1.82, 2.24) is 5.32 Å². The van der Waals surface area contributed by atoms with Crippen molar-refractivity contribution in [2.24, 2.45) is 9.98 Å². The third-order valence-corrected chi connectivity index (χ3v) is 8.72. The van der Waals surface area contributed by atoms with E-state index < -0.39 is 0 Å². The minimum atomic E-state index is -0.374. The van der Waals surface area contributed by atoms with E-state index >= 15 is 0 Å². The summed E-state index contributed by atoms with van der Waals surface area (Å²) < 4.78 is 6.25. The molecule has 1 aromatic heterocycles. The van der Waals surface area contributed by atoms with Gasteiger partial charge in [-0.3, -0.25) is 0 Å². The number of fused-ring (bicyclic) bond motifs is 6. The smallest absolute Gasteiger partial charge is 0.159 e. The number of amidine groups is 2. The number of furan rings is 1. The molecule has 4 heteroatoms. The van der Waals surface area contributed by atoms with Crippen molar-refractivity contribution in [3.63, 3.8) is 0 Å². The van der Waals surface area contributed by atoms with Gasteiger partial charge in [0.15, 0.2) is 5.84 Å². The van der Waals surface area contributed by atoms with Gasteiger partial charge in [0.2, 0.25) is 0 Å². The molecular formula is C41H27N3O. The zero-order valence-electron chi connectivity index (χ0n) is 24.3. The van der Waals surface area contributed by atoms with Crippen molar-refractivity contribution in [1.29, 1.82) is 0 Å². The first kappa shape index (κ1) is 25.5. The van der Waals surface area contributed by atoms with Gasteiger partial charge in [-0.2, -0.15) is 0 Å². The topological polar surface area (TPSA) is 49.9 Å². The zero-order valence-corrected chi connectivity index (χ0v) is 24.3. The molecule has 0 saturated carbocycles. The van der Waals surface area contributed by atoms with Crippen molar-refractivity contribution >= 4 is 55.2 Å². The Morgan fingerprint density at radius 1 is 0.489 bits per heavy atom. The number of benzene rings is 7. The van der Waals surface area contributed by atoms with E-state index in [0.29, 0.717) is 5.84 Å². The SMILES string of the molecule is c1ccc(-c2cccc(C3=NC(c4ccc5ccc6ccccc6c5c4)=NC(c4cccc5oc6ccccc6c45)N3)c2)cc1. The molecule has 1 aliphatic heterocycles. The summed E-state index contributed by atoms with van der Waals surface area (Å²) in [5.74, 6) is 1.48. The molecule has 1 atom stereocenters. The number of rotatable bonds is 4. The second kappa shape index (κ2) is 10.3. The maximum Gasteiger partial charge on any atom is 0.159 e. The maximum atomic E-state index is 6.25. The lowest BCUT2D eigenvalue weighted by atomic mass is 9.99. The van der Waals surface area contributed by atoms with Gasteiger partial charge in [-0.05, 0) is 56.9 Å². The third-order valence-electron chi connectivity index (χ3n) is 8.72. The van der Waals surface area contributed by atoms with E-state index in [0.717, 1.165) is 55.6 Å². The predicted octanol–water partition coefficient (Wildman–Crippen LogP) is 10.1. The molecular weight excluding hydrogens is 550 g/mol. The lowest BCUT2D eigenvalue weighted by Gasteiger charge is -2.24. The Hall–Kier alpha value is -6.00. The van der Waals surface area contributed by atoms with Crippen molar-refractivity contribution in [3.05, 3.63) is 168 Å². The van der Waals surface area contributed by atoms with E-state index in [-0.39, 0.29) is 6.17 Å². The molecule has 0 saturated heterocycles. The van der Waals surface area contributed by atoms with Gasteiger partial charge in [0.25, 0.3) is 0 Å². The van der Waals surface area contributed by atoms with Crippen LogP contribution in [0.2, 0.25) is 0 Å². The van der Waals surface area contributed by atoms with Crippen LogP contribution in [0, 0.1) is 0 Å². The van der Waals surface area contributed by atoms with Crippen LogP contribution in [0.15, 0.2) is 166 Å². The summed E-state index contributed by atoms with van der Waals surface area (Å²) in [5, 5.41) is 10.7. The van der Waals surface area contributed by atoms with E-state index in [1.807, 2.05) is 30.3 Å². The Balaban J connectivity index is 1.24. The van der Waals surface area contributed by atoms with Gasteiger partial charge in [-0.25, -0.2) is 9.98 Å². The lowest BCUT2D eigenvalue weighted by Crippen LogP contribution is -2.33. The number of hydrogen-bond acceptors (Lipinski definition) is 4. The van der Waals surface area contributed by atoms with E-state index in [1.54, 1.807) is 0 Å². The summed E-state index contributed by atoms with van der Waals surface area (Å²) in [7, 11) is 0. The largest absolute Gasteiger partial charge is 0.456 e. The van der Waals surface area contributed by atoms with Gasteiger partial charge in [-0.1, -0.05) is 127 Å². The Morgan fingerprint density at radius 3 is 2.09 bits per heavy atom. The molecule has 0 radical (unpaired) electrons. The number of hydrogen-bond donors (Lipinski definition) is 1. The van der Waals surface area contributed by atoms with Gasteiger partial charge in [0.1, 0.15) is 23.2 Å². The quantitative estimate of drug-likeness (QED) is 0.212. The fourth-order valence-electron chi connectivity index (χ4n) is 6.53. The highest BCUT2D eigenvalue weighted by Crippen LogP contribution is 2.36. The lowest BCUT2D eigenvalue weighted by molar-refractivity contribution is 0.662. The number of aliphatic imine (C=N–C) groups is 2. The molecule has 7 aromatic carbocycles. The summed E-state index contributed by atoms with van der Waals surface area (Å²) in [5.41, 5.74) is 7.05. The van der Waals surface area contributed by atoms with E-state index in [1.165, 1.54) is 21.5 Å². The van der Waals surface area contributed by atoms with Crippen LogP contribution in [-0.2, 0) is 0 Å². The van der Waals surface area contributed by atoms with Gasteiger partial charge >= 0.3 is 0 Å². The summed E-state index contributed by atoms with van der Waals surface area (Å²) in [6, 6.07) is 52.8. The van der Waals surface area contributed by atoms with Crippen LogP contribution in [-0.4, -0.2) is 11.7 Å². The minimum Gasteiger partial charge on any atom is -0.456 e. The third kappa shape index (κ3) is 4.38. The number of para-hydroxylation sites is 1. The van der Waals surface area contributed by atoms with Crippen LogP contribution in [0.4, 0.5) is 0 Å². The first-order valence-corrected chi connectivity index (χ1v) is 15.2. The normalized spacial score (nSPS) is 14.9. The van der Waals surface area contributed by atoms with Crippen LogP contribution in [0.5, 0.6) is 0 Å². The Bertz CT molecular complexity index is 2470. The van der Waals surface area contributed by atoms with E-state index in [4.69, 9.17) is 14.4 Å².